The van der Waals surface area contributed by atoms with E-state index >= 15 is 0 Å². The maximum Gasteiger partial charge on any atom is 0.296 e. The molecule has 6 heteroatoms. The van der Waals surface area contributed by atoms with Crippen LogP contribution in [0.15, 0.2) is 76.1 Å². The summed E-state index contributed by atoms with van der Waals surface area (Å²) in [7, 11) is 1.59. The molecule has 0 bridgehead atoms. The monoisotopic (exact) mass is 398 g/mol. The number of ether oxygens (including phenoxy) is 1. The molecule has 1 amide bonds. The standard InChI is InChI=1S/C24H18N2O4/c1-14-6-11-18-17(13-14)22(27)20-21(15-7-9-16(29-2)10-8-15)26(24(28)23(20)30-18)19-5-3-4-12-25-19/h3-13,21H,1-2H3/t21-/m0/s1. The van der Waals surface area contributed by atoms with Gasteiger partial charge in [-0.05, 0) is 48.9 Å². The van der Waals surface area contributed by atoms with E-state index in [-0.39, 0.29) is 17.1 Å². The van der Waals surface area contributed by atoms with E-state index < -0.39 is 6.04 Å². The van der Waals surface area contributed by atoms with Crippen molar-refractivity contribution in [2.24, 2.45) is 0 Å². The molecule has 0 saturated carbocycles. The third kappa shape index (κ3) is 2.69. The molecule has 2 aromatic carbocycles. The molecule has 5 rings (SSSR count). The molecule has 1 aliphatic heterocycles. The third-order valence-electron chi connectivity index (χ3n) is 5.35. The zero-order valence-electron chi connectivity index (χ0n) is 16.5. The van der Waals surface area contributed by atoms with Gasteiger partial charge in [-0.25, -0.2) is 4.98 Å². The minimum absolute atomic E-state index is 0.0582. The van der Waals surface area contributed by atoms with Crippen molar-refractivity contribution in [1.29, 1.82) is 0 Å². The number of benzene rings is 2. The van der Waals surface area contributed by atoms with Crippen molar-refractivity contribution in [3.05, 3.63) is 99.5 Å². The summed E-state index contributed by atoms with van der Waals surface area (Å²) in [6, 6.07) is 17.4. The van der Waals surface area contributed by atoms with Crippen LogP contribution in [-0.4, -0.2) is 18.0 Å². The maximum atomic E-state index is 13.5. The van der Waals surface area contributed by atoms with Gasteiger partial charge < -0.3 is 9.15 Å². The molecule has 30 heavy (non-hydrogen) atoms. The topological polar surface area (TPSA) is 72.6 Å². The maximum absolute atomic E-state index is 13.5. The number of aryl methyl sites for hydroxylation is 1. The molecule has 1 atom stereocenters. The van der Waals surface area contributed by atoms with E-state index in [1.165, 1.54) is 4.90 Å². The van der Waals surface area contributed by atoms with Crippen LogP contribution in [0.2, 0.25) is 0 Å². The van der Waals surface area contributed by atoms with Gasteiger partial charge in [0, 0.05) is 6.20 Å². The Balaban J connectivity index is 1.80. The molecule has 0 aliphatic carbocycles. The van der Waals surface area contributed by atoms with Crippen molar-refractivity contribution < 1.29 is 13.9 Å². The van der Waals surface area contributed by atoms with Gasteiger partial charge in [-0.2, -0.15) is 0 Å². The summed E-state index contributed by atoms with van der Waals surface area (Å²) >= 11 is 0. The molecule has 1 aliphatic rings. The molecule has 3 heterocycles. The second-order valence-electron chi connectivity index (χ2n) is 7.21. The van der Waals surface area contributed by atoms with Gasteiger partial charge in [0.25, 0.3) is 5.91 Å². The third-order valence-corrected chi connectivity index (χ3v) is 5.35. The zero-order chi connectivity index (χ0) is 20.8. The van der Waals surface area contributed by atoms with Gasteiger partial charge in [-0.15, -0.1) is 0 Å². The van der Waals surface area contributed by atoms with E-state index in [2.05, 4.69) is 4.98 Å². The molecule has 0 unspecified atom stereocenters. The highest BCUT2D eigenvalue weighted by atomic mass is 16.5. The Labute approximate surface area is 172 Å². The number of pyridine rings is 1. The van der Waals surface area contributed by atoms with Crippen LogP contribution in [-0.2, 0) is 0 Å². The largest absolute Gasteiger partial charge is 0.497 e. The Morgan fingerprint density at radius 1 is 1.03 bits per heavy atom. The van der Waals surface area contributed by atoms with E-state index in [1.807, 2.05) is 25.1 Å². The van der Waals surface area contributed by atoms with E-state index in [0.29, 0.717) is 28.1 Å². The first-order chi connectivity index (χ1) is 14.6. The molecule has 4 aromatic rings. The molecule has 0 saturated heterocycles. The van der Waals surface area contributed by atoms with E-state index in [4.69, 9.17) is 9.15 Å². The van der Waals surface area contributed by atoms with Crippen molar-refractivity contribution in [2.75, 3.05) is 12.0 Å². The fraction of sp³-hybridized carbons (Fsp3) is 0.125. The minimum Gasteiger partial charge on any atom is -0.497 e. The minimum atomic E-state index is -0.644. The van der Waals surface area contributed by atoms with E-state index in [1.54, 1.807) is 55.8 Å². The van der Waals surface area contributed by atoms with Crippen LogP contribution in [0.5, 0.6) is 5.75 Å². The van der Waals surface area contributed by atoms with Gasteiger partial charge in [0.15, 0.2) is 5.43 Å². The summed E-state index contributed by atoms with van der Waals surface area (Å²) in [4.78, 5) is 32.8. The highest BCUT2D eigenvalue weighted by Gasteiger charge is 2.44. The van der Waals surface area contributed by atoms with Crippen molar-refractivity contribution in [3.8, 4) is 5.75 Å². The van der Waals surface area contributed by atoms with E-state index in [9.17, 15) is 9.59 Å². The van der Waals surface area contributed by atoms with Gasteiger partial charge in [-0.1, -0.05) is 29.8 Å². The van der Waals surface area contributed by atoms with Crippen LogP contribution in [0.4, 0.5) is 5.82 Å². The lowest BCUT2D eigenvalue weighted by molar-refractivity contribution is 0.0970. The summed E-state index contributed by atoms with van der Waals surface area (Å²) in [5.41, 5.74) is 2.24. The van der Waals surface area contributed by atoms with Crippen molar-refractivity contribution >= 4 is 22.7 Å². The predicted octanol–water partition coefficient (Wildman–Crippen LogP) is 4.25. The van der Waals surface area contributed by atoms with Crippen LogP contribution in [0.1, 0.15) is 33.3 Å². The van der Waals surface area contributed by atoms with Crippen LogP contribution in [0.3, 0.4) is 0 Å². The Kier molecular flexibility index (Phi) is 4.13. The highest BCUT2D eigenvalue weighted by Crippen LogP contribution is 2.40. The smallest absolute Gasteiger partial charge is 0.296 e. The molecule has 0 fully saturated rings. The highest BCUT2D eigenvalue weighted by molar-refractivity contribution is 6.10. The number of hydrogen-bond acceptors (Lipinski definition) is 5. The Hall–Kier alpha value is -3.93. The number of aromatic nitrogens is 1. The number of anilines is 1. The van der Waals surface area contributed by atoms with Gasteiger partial charge in [0.1, 0.15) is 17.2 Å². The number of nitrogens with zero attached hydrogens (tertiary/aromatic N) is 2. The first-order valence-corrected chi connectivity index (χ1v) is 9.54. The zero-order valence-corrected chi connectivity index (χ0v) is 16.5. The molecule has 0 radical (unpaired) electrons. The number of carbonyl (C=O) groups is 1. The average molecular weight is 398 g/mol. The van der Waals surface area contributed by atoms with Crippen LogP contribution >= 0.6 is 0 Å². The normalized spacial score (nSPS) is 15.5. The Morgan fingerprint density at radius 2 is 1.83 bits per heavy atom. The van der Waals surface area contributed by atoms with Gasteiger partial charge >= 0.3 is 0 Å². The van der Waals surface area contributed by atoms with Crippen molar-refractivity contribution in [2.45, 2.75) is 13.0 Å². The number of hydrogen-bond donors (Lipinski definition) is 0. The molecule has 0 N–H and O–H groups in total. The number of rotatable bonds is 3. The lowest BCUT2D eigenvalue weighted by atomic mass is 9.98. The average Bonchev–Trinajstić information content (AvgIpc) is 3.07. The van der Waals surface area contributed by atoms with Gasteiger partial charge in [0.2, 0.25) is 5.76 Å². The lowest BCUT2D eigenvalue weighted by Gasteiger charge is -2.24. The number of methoxy groups -OCH3 is 1. The second kappa shape index (κ2) is 6.84. The fourth-order valence-corrected chi connectivity index (χ4v) is 3.92. The molecule has 0 spiro atoms. The summed E-state index contributed by atoms with van der Waals surface area (Å²) in [5, 5.41) is 0.461. The summed E-state index contributed by atoms with van der Waals surface area (Å²) in [6.45, 7) is 1.92. The first kappa shape index (κ1) is 18.1. The van der Waals surface area contributed by atoms with Crippen molar-refractivity contribution in [1.82, 2.24) is 4.98 Å². The van der Waals surface area contributed by atoms with Crippen LogP contribution in [0.25, 0.3) is 11.0 Å². The van der Waals surface area contributed by atoms with Crippen LogP contribution in [0, 0.1) is 6.92 Å². The lowest BCUT2D eigenvalue weighted by Crippen LogP contribution is -2.30. The SMILES string of the molecule is COc1ccc([C@H]2c3c(oc4ccc(C)cc4c3=O)C(=O)N2c2ccccn2)cc1. The second-order valence-corrected chi connectivity index (χ2v) is 7.21. The fourth-order valence-electron chi connectivity index (χ4n) is 3.92. The first-order valence-electron chi connectivity index (χ1n) is 9.54. The molecule has 2 aromatic heterocycles. The molecule has 6 nitrogen and oxygen atoms in total. The molecule has 148 valence electrons. The van der Waals surface area contributed by atoms with Gasteiger partial charge in [-0.3, -0.25) is 14.5 Å². The Morgan fingerprint density at radius 3 is 2.53 bits per heavy atom. The quantitative estimate of drug-likeness (QED) is 0.516. The Bertz CT molecular complexity index is 1330. The molecular weight excluding hydrogens is 380 g/mol. The number of amides is 1. The molecular formula is C24H18N2O4. The predicted molar refractivity (Wildman–Crippen MR) is 113 cm³/mol. The number of fused-ring (bicyclic) bond motifs is 2. The van der Waals surface area contributed by atoms with Crippen molar-refractivity contribution in [3.63, 3.8) is 0 Å². The van der Waals surface area contributed by atoms with E-state index in [0.717, 1.165) is 11.1 Å². The van der Waals surface area contributed by atoms with Gasteiger partial charge in [0.05, 0.1) is 24.1 Å². The summed E-state index contributed by atoms with van der Waals surface area (Å²) < 4.78 is 11.2. The van der Waals surface area contributed by atoms with Crippen LogP contribution < -0.4 is 15.1 Å². The summed E-state index contributed by atoms with van der Waals surface area (Å²) in [6.07, 6.45) is 1.62. The summed E-state index contributed by atoms with van der Waals surface area (Å²) in [5.74, 6) is 0.815. The number of carbonyl (C=O) groups excluding carboxylic acids is 1.